The second-order valence-electron chi connectivity index (χ2n) is 14.4. The first-order valence-corrected chi connectivity index (χ1v) is 19.1. The fourth-order valence-electron chi connectivity index (χ4n) is 8.64. The molecule has 0 saturated carbocycles. The van der Waals surface area contributed by atoms with Gasteiger partial charge in [-0.05, 0) is 87.7 Å². The van der Waals surface area contributed by atoms with Crippen LogP contribution in [-0.2, 0) is 23.1 Å². The van der Waals surface area contributed by atoms with Crippen LogP contribution in [0.25, 0.3) is 33.7 Å². The molecular formula is C47H43N7O. The van der Waals surface area contributed by atoms with Crippen LogP contribution in [0.5, 0.6) is 0 Å². The highest BCUT2D eigenvalue weighted by molar-refractivity contribution is 5.82. The molecule has 0 aliphatic heterocycles. The van der Waals surface area contributed by atoms with E-state index in [4.69, 9.17) is 25.0 Å². The van der Waals surface area contributed by atoms with Crippen LogP contribution in [0.1, 0.15) is 77.3 Å². The molecule has 8 aromatic rings. The van der Waals surface area contributed by atoms with E-state index < -0.39 is 5.54 Å². The predicted octanol–water partition coefficient (Wildman–Crippen LogP) is 9.71. The van der Waals surface area contributed by atoms with Crippen LogP contribution in [0.3, 0.4) is 0 Å². The molecule has 3 aromatic heterocycles. The molecule has 9 rings (SSSR count). The molecule has 0 amide bonds. The Bertz CT molecular complexity index is 2520. The van der Waals surface area contributed by atoms with Gasteiger partial charge in [-0.25, -0.2) is 14.6 Å². The summed E-state index contributed by atoms with van der Waals surface area (Å²) in [5.74, 6) is 1.75. The van der Waals surface area contributed by atoms with Crippen molar-refractivity contribution in [1.29, 1.82) is 0 Å². The molecule has 8 heteroatoms. The lowest BCUT2D eigenvalue weighted by molar-refractivity contribution is 0.116. The van der Waals surface area contributed by atoms with Gasteiger partial charge in [-0.1, -0.05) is 140 Å². The van der Waals surface area contributed by atoms with Gasteiger partial charge in [0.05, 0.1) is 17.8 Å². The molecule has 8 nitrogen and oxygen atoms in total. The van der Waals surface area contributed by atoms with Gasteiger partial charge in [0.15, 0.2) is 11.5 Å². The average Bonchev–Trinajstić information content (AvgIpc) is 3.99. The number of rotatable bonds is 10. The predicted molar refractivity (Wildman–Crippen MR) is 217 cm³/mol. The largest absolute Gasteiger partial charge is 0.375 e. The molecule has 0 unspecified atom stereocenters. The lowest BCUT2D eigenvalue weighted by Gasteiger charge is -2.36. The number of aromatic nitrogens is 7. The minimum Gasteiger partial charge on any atom is -0.375 e. The number of hydrogen-bond acceptors (Lipinski definition) is 6. The molecule has 0 bridgehead atoms. The Labute approximate surface area is 321 Å². The Morgan fingerprint density at radius 1 is 0.764 bits per heavy atom. The van der Waals surface area contributed by atoms with Crippen LogP contribution in [0.15, 0.2) is 140 Å². The lowest BCUT2D eigenvalue weighted by atomic mass is 9.77. The van der Waals surface area contributed by atoms with Gasteiger partial charge >= 0.3 is 0 Å². The van der Waals surface area contributed by atoms with E-state index in [1.807, 2.05) is 29.8 Å². The highest BCUT2D eigenvalue weighted by atomic mass is 16.5. The summed E-state index contributed by atoms with van der Waals surface area (Å²) >= 11 is 0. The summed E-state index contributed by atoms with van der Waals surface area (Å²) in [6.45, 7) is 6.35. The molecule has 0 saturated heterocycles. The third kappa shape index (κ3) is 5.67. The molecular weight excluding hydrogens is 679 g/mol. The summed E-state index contributed by atoms with van der Waals surface area (Å²) in [7, 11) is 1.73. The second kappa shape index (κ2) is 14.2. The van der Waals surface area contributed by atoms with E-state index in [2.05, 4.69) is 145 Å². The zero-order valence-electron chi connectivity index (χ0n) is 31.6. The molecule has 55 heavy (non-hydrogen) atoms. The summed E-state index contributed by atoms with van der Waals surface area (Å²) in [5.41, 5.74) is 12.1. The summed E-state index contributed by atoms with van der Waals surface area (Å²) in [6.07, 6.45) is 2.67. The van der Waals surface area contributed by atoms with Crippen molar-refractivity contribution in [2.75, 3.05) is 7.11 Å². The number of hydrogen-bond donors (Lipinski definition) is 0. The second-order valence-corrected chi connectivity index (χ2v) is 14.4. The molecule has 1 aliphatic rings. The fraction of sp³-hybridized carbons (Fsp3) is 0.213. The maximum Gasteiger partial charge on any atom is 0.184 e. The third-order valence-electron chi connectivity index (χ3n) is 11.4. The minimum absolute atomic E-state index is 0.103. The number of aryl methyl sites for hydroxylation is 3. The van der Waals surface area contributed by atoms with E-state index in [0.29, 0.717) is 5.82 Å². The first kappa shape index (κ1) is 34.5. The van der Waals surface area contributed by atoms with Crippen LogP contribution in [-0.4, -0.2) is 41.9 Å². The molecule has 2 atom stereocenters. The monoisotopic (exact) mass is 721 g/mol. The summed E-state index contributed by atoms with van der Waals surface area (Å²) in [4.78, 5) is 10.3. The van der Waals surface area contributed by atoms with Gasteiger partial charge in [0, 0.05) is 19.1 Å². The molecule has 272 valence electrons. The first-order chi connectivity index (χ1) is 27.0. The Balaban J connectivity index is 1.18. The van der Waals surface area contributed by atoms with Crippen molar-refractivity contribution in [3.05, 3.63) is 184 Å². The topological polar surface area (TPSA) is 83.5 Å². The number of benzene rings is 5. The maximum atomic E-state index is 5.67. The van der Waals surface area contributed by atoms with Crippen molar-refractivity contribution in [2.24, 2.45) is 0 Å². The van der Waals surface area contributed by atoms with Crippen LogP contribution < -0.4 is 0 Å². The van der Waals surface area contributed by atoms with Gasteiger partial charge < -0.3 is 9.30 Å². The fourth-order valence-corrected chi connectivity index (χ4v) is 8.64. The molecule has 0 radical (unpaired) electrons. The van der Waals surface area contributed by atoms with Crippen molar-refractivity contribution >= 4 is 11.2 Å². The van der Waals surface area contributed by atoms with E-state index >= 15 is 0 Å². The summed E-state index contributed by atoms with van der Waals surface area (Å²) in [6, 6.07) is 49.3. The third-order valence-corrected chi connectivity index (χ3v) is 11.4. The number of methoxy groups -OCH3 is 1. The van der Waals surface area contributed by atoms with Crippen molar-refractivity contribution in [1.82, 2.24) is 34.7 Å². The van der Waals surface area contributed by atoms with E-state index in [-0.39, 0.29) is 12.1 Å². The molecule has 1 aliphatic carbocycles. The van der Waals surface area contributed by atoms with Gasteiger partial charge in [0.25, 0.3) is 0 Å². The Morgan fingerprint density at radius 3 is 2.00 bits per heavy atom. The first-order valence-electron chi connectivity index (χ1n) is 19.1. The van der Waals surface area contributed by atoms with Crippen LogP contribution in [0, 0.1) is 6.92 Å². The zero-order valence-corrected chi connectivity index (χ0v) is 31.6. The number of ether oxygens (including phenoxy) is 1. The quantitative estimate of drug-likeness (QED) is 0.131. The van der Waals surface area contributed by atoms with Crippen molar-refractivity contribution in [3.63, 3.8) is 0 Å². The Kier molecular flexibility index (Phi) is 8.91. The molecule has 3 heterocycles. The van der Waals surface area contributed by atoms with Gasteiger partial charge in [0.2, 0.25) is 0 Å². The zero-order chi connectivity index (χ0) is 37.5. The highest BCUT2D eigenvalue weighted by Crippen LogP contribution is 2.45. The van der Waals surface area contributed by atoms with Crippen LogP contribution in [0.4, 0.5) is 0 Å². The number of nitrogens with zero attached hydrogens (tertiary/aromatic N) is 7. The molecule has 5 aromatic carbocycles. The van der Waals surface area contributed by atoms with Crippen molar-refractivity contribution < 1.29 is 4.74 Å². The molecule has 0 fully saturated rings. The van der Waals surface area contributed by atoms with Gasteiger partial charge in [-0.2, -0.15) is 0 Å². The van der Waals surface area contributed by atoms with Gasteiger partial charge in [-0.15, -0.1) is 5.10 Å². The normalized spacial score (nSPS) is 14.7. The van der Waals surface area contributed by atoms with E-state index in [1.165, 1.54) is 11.1 Å². The number of imidazole rings is 1. The van der Waals surface area contributed by atoms with Gasteiger partial charge in [-0.3, -0.25) is 0 Å². The number of pyridine rings is 1. The lowest BCUT2D eigenvalue weighted by Crippen LogP contribution is -2.39. The number of tetrazole rings is 1. The minimum atomic E-state index is -0.848. The Hall–Kier alpha value is -6.25. The summed E-state index contributed by atoms with van der Waals surface area (Å²) < 4.78 is 10.1. The maximum absolute atomic E-state index is 5.67. The average molecular weight is 722 g/mol. The number of fused-ring (bicyclic) bond motifs is 2. The van der Waals surface area contributed by atoms with Crippen LogP contribution >= 0.6 is 0 Å². The highest BCUT2D eigenvalue weighted by Gasteiger charge is 2.42. The Morgan fingerprint density at radius 2 is 1.38 bits per heavy atom. The standard InChI is InChI=1S/C47H43N7O/c1-5-43-49-44-31(2)29-41(32(3)55-4)48-46(44)53(43)42-28-26-34-30-33(25-27-39(34)42)38-23-15-16-24-40(38)45-50-51-52-54(45)47(35-17-9-6-10-18-35,36-19-11-7-12-20-36)37-21-13-8-14-22-37/h6-25,27,29-30,32,42H,5,26,28H2,1-4H3/t32-,42-/m0/s1. The molecule has 0 spiro atoms. The van der Waals surface area contributed by atoms with E-state index in [1.54, 1.807) is 7.11 Å². The van der Waals surface area contributed by atoms with Crippen molar-refractivity contribution in [2.45, 2.75) is 57.7 Å². The molecule has 0 N–H and O–H groups in total. The van der Waals surface area contributed by atoms with E-state index in [0.717, 1.165) is 80.9 Å². The van der Waals surface area contributed by atoms with Crippen molar-refractivity contribution in [3.8, 4) is 22.5 Å². The summed E-state index contributed by atoms with van der Waals surface area (Å²) in [5, 5.41) is 14.0. The van der Waals surface area contributed by atoms with Crippen LogP contribution in [0.2, 0.25) is 0 Å². The van der Waals surface area contributed by atoms with E-state index in [9.17, 15) is 0 Å². The smallest absolute Gasteiger partial charge is 0.184 e. The SMILES string of the molecule is CCc1nc2c(C)cc([C@H](C)OC)nc2n1[C@H]1CCc2cc(-c3ccccc3-c3nnnn3C(c3ccccc3)(c3ccccc3)c3ccccc3)ccc21. The van der Waals surface area contributed by atoms with Gasteiger partial charge in [0.1, 0.15) is 16.9 Å².